The summed E-state index contributed by atoms with van der Waals surface area (Å²) in [6.45, 7) is 0.685. The van der Waals surface area contributed by atoms with Crippen molar-refractivity contribution in [1.82, 2.24) is 10.6 Å². The monoisotopic (exact) mass is 376 g/mol. The van der Waals surface area contributed by atoms with Crippen molar-refractivity contribution in [2.45, 2.75) is 12.5 Å². The minimum absolute atomic E-state index is 0.0228. The number of benzene rings is 1. The van der Waals surface area contributed by atoms with E-state index in [2.05, 4.69) is 26.6 Å². The molecule has 116 valence electrons. The minimum atomic E-state index is -2.98. The quantitative estimate of drug-likeness (QED) is 0.758. The van der Waals surface area contributed by atoms with E-state index in [1.807, 2.05) is 24.3 Å². The molecule has 1 aliphatic heterocycles. The highest BCUT2D eigenvalue weighted by Gasteiger charge is 2.28. The van der Waals surface area contributed by atoms with Gasteiger partial charge in [0, 0.05) is 10.5 Å². The van der Waals surface area contributed by atoms with Gasteiger partial charge in [0.15, 0.2) is 9.84 Å². The summed E-state index contributed by atoms with van der Waals surface area (Å²) in [5, 5.41) is 5.29. The molecular formula is C13H17BrN2O4S. The lowest BCUT2D eigenvalue weighted by Crippen LogP contribution is -2.43. The highest BCUT2D eigenvalue weighted by atomic mass is 79.9. The number of hydrogen-bond donors (Lipinski definition) is 2. The topological polar surface area (TPSA) is 84.5 Å². The van der Waals surface area contributed by atoms with Crippen LogP contribution in [-0.2, 0) is 9.84 Å². The smallest absolute Gasteiger partial charge is 0.315 e. The number of carbonyl (C=O) groups excluding carboxylic acids is 1. The van der Waals surface area contributed by atoms with Gasteiger partial charge in [0.1, 0.15) is 12.4 Å². The lowest BCUT2D eigenvalue weighted by atomic mass is 10.3. The third kappa shape index (κ3) is 5.55. The van der Waals surface area contributed by atoms with E-state index < -0.39 is 9.84 Å². The number of halogens is 1. The van der Waals surface area contributed by atoms with Crippen LogP contribution in [0.4, 0.5) is 4.79 Å². The van der Waals surface area contributed by atoms with Crippen molar-refractivity contribution in [1.29, 1.82) is 0 Å². The van der Waals surface area contributed by atoms with Gasteiger partial charge in [-0.05, 0) is 24.6 Å². The second-order valence-corrected chi connectivity index (χ2v) is 7.95. The Balaban J connectivity index is 1.64. The van der Waals surface area contributed by atoms with Crippen LogP contribution in [0, 0.1) is 0 Å². The van der Waals surface area contributed by atoms with Gasteiger partial charge in [0.05, 0.1) is 18.1 Å². The Labute approximate surface area is 132 Å². The molecule has 0 aromatic heterocycles. The Morgan fingerprint density at radius 2 is 2.24 bits per heavy atom. The second-order valence-electron chi connectivity index (χ2n) is 4.81. The lowest BCUT2D eigenvalue weighted by Gasteiger charge is -2.12. The first-order valence-electron chi connectivity index (χ1n) is 6.58. The van der Waals surface area contributed by atoms with E-state index in [1.54, 1.807) is 0 Å². The fourth-order valence-corrected chi connectivity index (χ4v) is 4.09. The average Bonchev–Trinajstić information content (AvgIpc) is 2.74. The molecule has 1 aromatic carbocycles. The molecule has 21 heavy (non-hydrogen) atoms. The number of hydrogen-bond acceptors (Lipinski definition) is 4. The number of urea groups is 1. The summed E-state index contributed by atoms with van der Waals surface area (Å²) in [4.78, 5) is 11.6. The molecule has 2 N–H and O–H groups in total. The molecule has 6 nitrogen and oxygen atoms in total. The van der Waals surface area contributed by atoms with Crippen LogP contribution in [-0.4, -0.2) is 45.1 Å². The van der Waals surface area contributed by atoms with Gasteiger partial charge >= 0.3 is 6.03 Å². The van der Waals surface area contributed by atoms with E-state index in [-0.39, 0.29) is 23.6 Å². The van der Waals surface area contributed by atoms with Gasteiger partial charge in [0.25, 0.3) is 0 Å². The molecule has 1 aliphatic rings. The summed E-state index contributed by atoms with van der Waals surface area (Å²) >= 11 is 3.34. The van der Waals surface area contributed by atoms with Gasteiger partial charge in [-0.3, -0.25) is 0 Å². The highest BCUT2D eigenvalue weighted by molar-refractivity contribution is 9.10. The molecule has 2 rings (SSSR count). The van der Waals surface area contributed by atoms with E-state index in [0.717, 1.165) is 4.47 Å². The van der Waals surface area contributed by atoms with Crippen molar-refractivity contribution in [3.05, 3.63) is 28.7 Å². The summed E-state index contributed by atoms with van der Waals surface area (Å²) in [6, 6.07) is 6.77. The van der Waals surface area contributed by atoms with Crippen molar-refractivity contribution >= 4 is 31.8 Å². The Hall–Kier alpha value is -1.28. The molecule has 0 saturated carbocycles. The molecule has 0 spiro atoms. The zero-order valence-electron chi connectivity index (χ0n) is 11.3. The van der Waals surface area contributed by atoms with Crippen LogP contribution in [0.5, 0.6) is 5.75 Å². The standard InChI is InChI=1S/C13H17BrN2O4S/c14-10-2-1-3-12(8-10)20-6-5-15-13(17)16-11-4-7-21(18,19)9-11/h1-3,8,11H,4-7,9H2,(H2,15,16,17). The third-order valence-corrected chi connectivity index (χ3v) is 5.28. The van der Waals surface area contributed by atoms with Gasteiger partial charge in [-0.2, -0.15) is 0 Å². The predicted octanol–water partition coefficient (Wildman–Crippen LogP) is 1.31. The Kier molecular flexibility index (Phi) is 5.46. The molecule has 1 atom stereocenters. The first-order chi connectivity index (χ1) is 9.94. The van der Waals surface area contributed by atoms with Crippen LogP contribution in [0.1, 0.15) is 6.42 Å². The van der Waals surface area contributed by atoms with Crippen LogP contribution in [0.2, 0.25) is 0 Å². The summed E-state index contributed by atoms with van der Waals surface area (Å²) in [6.07, 6.45) is 0.476. The molecule has 8 heteroatoms. The summed E-state index contributed by atoms with van der Waals surface area (Å²) < 4.78 is 28.9. The van der Waals surface area contributed by atoms with E-state index >= 15 is 0 Å². The maximum Gasteiger partial charge on any atom is 0.315 e. The Morgan fingerprint density at radius 1 is 1.43 bits per heavy atom. The molecule has 0 bridgehead atoms. The van der Waals surface area contributed by atoms with Gasteiger partial charge in [-0.1, -0.05) is 22.0 Å². The highest BCUT2D eigenvalue weighted by Crippen LogP contribution is 2.17. The van der Waals surface area contributed by atoms with E-state index in [4.69, 9.17) is 4.74 Å². The molecular weight excluding hydrogens is 360 g/mol. The summed E-state index contributed by atoms with van der Waals surface area (Å²) in [7, 11) is -2.98. The van der Waals surface area contributed by atoms with Crippen molar-refractivity contribution in [2.24, 2.45) is 0 Å². The summed E-state index contributed by atoms with van der Waals surface area (Å²) in [5.41, 5.74) is 0. The molecule has 2 amide bonds. The SMILES string of the molecule is O=C(NCCOc1cccc(Br)c1)NC1CCS(=O)(=O)C1. The van der Waals surface area contributed by atoms with Crippen LogP contribution >= 0.6 is 15.9 Å². The maximum atomic E-state index is 11.6. The van der Waals surface area contributed by atoms with Crippen molar-refractivity contribution in [2.75, 3.05) is 24.7 Å². The molecule has 1 fully saturated rings. The van der Waals surface area contributed by atoms with Crippen molar-refractivity contribution in [3.63, 3.8) is 0 Å². The van der Waals surface area contributed by atoms with Gasteiger partial charge < -0.3 is 15.4 Å². The first-order valence-corrected chi connectivity index (χ1v) is 9.19. The van der Waals surface area contributed by atoms with Crippen LogP contribution in [0.3, 0.4) is 0 Å². The normalized spacial score (nSPS) is 20.0. The molecule has 0 aliphatic carbocycles. The Bertz CT molecular complexity index is 606. The molecule has 1 heterocycles. The van der Waals surface area contributed by atoms with Crippen LogP contribution in [0.25, 0.3) is 0 Å². The van der Waals surface area contributed by atoms with E-state index in [0.29, 0.717) is 25.3 Å². The molecule has 1 saturated heterocycles. The van der Waals surface area contributed by atoms with Crippen LogP contribution < -0.4 is 15.4 Å². The molecule has 1 aromatic rings. The number of carbonyl (C=O) groups is 1. The van der Waals surface area contributed by atoms with Gasteiger partial charge in [-0.15, -0.1) is 0 Å². The van der Waals surface area contributed by atoms with Gasteiger partial charge in [0.2, 0.25) is 0 Å². The Morgan fingerprint density at radius 3 is 2.90 bits per heavy atom. The molecule has 0 radical (unpaired) electrons. The van der Waals surface area contributed by atoms with Gasteiger partial charge in [-0.25, -0.2) is 13.2 Å². The zero-order chi connectivity index (χ0) is 15.3. The summed E-state index contributed by atoms with van der Waals surface area (Å²) in [5.74, 6) is 0.882. The van der Waals surface area contributed by atoms with Crippen LogP contribution in [0.15, 0.2) is 28.7 Å². The largest absolute Gasteiger partial charge is 0.492 e. The fraction of sp³-hybridized carbons (Fsp3) is 0.462. The number of nitrogens with one attached hydrogen (secondary N) is 2. The van der Waals surface area contributed by atoms with E-state index in [9.17, 15) is 13.2 Å². The fourth-order valence-electron chi connectivity index (χ4n) is 2.04. The van der Waals surface area contributed by atoms with Crippen molar-refractivity contribution < 1.29 is 17.9 Å². The lowest BCUT2D eigenvalue weighted by molar-refractivity contribution is 0.233. The zero-order valence-corrected chi connectivity index (χ0v) is 13.7. The first kappa shape index (κ1) is 16.1. The number of sulfone groups is 1. The number of ether oxygens (including phenoxy) is 1. The molecule has 1 unspecified atom stereocenters. The van der Waals surface area contributed by atoms with Crippen molar-refractivity contribution in [3.8, 4) is 5.75 Å². The number of rotatable bonds is 5. The predicted molar refractivity (Wildman–Crippen MR) is 83.2 cm³/mol. The third-order valence-electron chi connectivity index (χ3n) is 3.02. The van der Waals surface area contributed by atoms with E-state index in [1.165, 1.54) is 0 Å². The second kappa shape index (κ2) is 7.13. The maximum absolute atomic E-state index is 11.6. The minimum Gasteiger partial charge on any atom is -0.492 e. The average molecular weight is 377 g/mol. The number of amides is 2.